The van der Waals surface area contributed by atoms with Gasteiger partial charge in [-0.2, -0.15) is 0 Å². The summed E-state index contributed by atoms with van der Waals surface area (Å²) in [6, 6.07) is 4.24. The van der Waals surface area contributed by atoms with Crippen molar-refractivity contribution in [1.82, 2.24) is 0 Å². The molecule has 0 aromatic heterocycles. The second kappa shape index (κ2) is 8.87. The number of benzene rings is 1. The highest BCUT2D eigenvalue weighted by atomic mass is 16.7. The minimum Gasteiger partial charge on any atom is -0.485 e. The SMILES string of the molecule is CC(=O)Nc1cc(COC(=O)O)ccc1OC1CC(C(=O)O)C(O)C(O)C1O. The lowest BCUT2D eigenvalue weighted by Gasteiger charge is -2.38. The molecule has 11 heteroatoms. The highest BCUT2D eigenvalue weighted by molar-refractivity contribution is 5.90. The third-order valence-electron chi connectivity index (χ3n) is 4.29. The number of carboxylic acids is 1. The van der Waals surface area contributed by atoms with Crippen LogP contribution in [0.1, 0.15) is 18.9 Å². The number of rotatable bonds is 6. The Hall–Kier alpha value is -2.89. The minimum atomic E-state index is -1.73. The molecule has 0 radical (unpaired) electrons. The van der Waals surface area contributed by atoms with Crippen LogP contribution in [0.5, 0.6) is 5.75 Å². The average Bonchev–Trinajstić information content (AvgIpc) is 2.61. The minimum absolute atomic E-state index is 0.0612. The number of carbonyl (C=O) groups excluding carboxylic acids is 1. The van der Waals surface area contributed by atoms with E-state index in [0.717, 1.165) is 0 Å². The van der Waals surface area contributed by atoms with Gasteiger partial charge in [-0.25, -0.2) is 4.79 Å². The highest BCUT2D eigenvalue weighted by Gasteiger charge is 2.47. The molecule has 11 nitrogen and oxygen atoms in total. The number of anilines is 1. The predicted molar refractivity (Wildman–Crippen MR) is 91.7 cm³/mol. The molecule has 0 saturated heterocycles. The van der Waals surface area contributed by atoms with E-state index < -0.39 is 48.4 Å². The van der Waals surface area contributed by atoms with Gasteiger partial charge >= 0.3 is 12.1 Å². The van der Waals surface area contributed by atoms with E-state index in [4.69, 9.17) is 9.84 Å². The number of carboxylic acid groups (broad SMARTS) is 2. The maximum absolute atomic E-state index is 11.4. The maximum Gasteiger partial charge on any atom is 0.506 e. The third-order valence-corrected chi connectivity index (χ3v) is 4.29. The van der Waals surface area contributed by atoms with Crippen molar-refractivity contribution in [1.29, 1.82) is 0 Å². The zero-order valence-electron chi connectivity index (χ0n) is 14.8. The number of nitrogens with one attached hydrogen (secondary N) is 1. The lowest BCUT2D eigenvalue weighted by atomic mass is 9.80. The molecule has 6 N–H and O–H groups in total. The molecule has 1 fully saturated rings. The van der Waals surface area contributed by atoms with Crippen LogP contribution in [0.3, 0.4) is 0 Å². The molecule has 5 atom stereocenters. The zero-order valence-corrected chi connectivity index (χ0v) is 14.8. The normalized spacial score (nSPS) is 26.9. The van der Waals surface area contributed by atoms with E-state index in [1.54, 1.807) is 0 Å². The van der Waals surface area contributed by atoms with Crippen molar-refractivity contribution < 1.29 is 49.4 Å². The Morgan fingerprint density at radius 1 is 1.11 bits per heavy atom. The van der Waals surface area contributed by atoms with Crippen LogP contribution in [0.25, 0.3) is 0 Å². The molecule has 28 heavy (non-hydrogen) atoms. The topological polar surface area (TPSA) is 183 Å². The summed E-state index contributed by atoms with van der Waals surface area (Å²) in [6.45, 7) is 0.959. The summed E-state index contributed by atoms with van der Waals surface area (Å²) >= 11 is 0. The first-order chi connectivity index (χ1) is 13.1. The Balaban J connectivity index is 2.26. The van der Waals surface area contributed by atoms with Crippen LogP contribution in [0.4, 0.5) is 10.5 Å². The van der Waals surface area contributed by atoms with Gasteiger partial charge in [0.05, 0.1) is 17.7 Å². The molecule has 0 aliphatic heterocycles. The predicted octanol–water partition coefficient (Wildman–Crippen LogP) is -0.226. The molecule has 0 heterocycles. The largest absolute Gasteiger partial charge is 0.506 e. The molecule has 154 valence electrons. The Morgan fingerprint density at radius 2 is 1.79 bits per heavy atom. The molecule has 5 unspecified atom stereocenters. The van der Waals surface area contributed by atoms with Crippen LogP contribution in [-0.2, 0) is 20.9 Å². The number of ether oxygens (including phenoxy) is 2. The molecule has 1 saturated carbocycles. The quantitative estimate of drug-likeness (QED) is 0.349. The van der Waals surface area contributed by atoms with Gasteiger partial charge in [-0.1, -0.05) is 6.07 Å². The first-order valence-corrected chi connectivity index (χ1v) is 8.30. The van der Waals surface area contributed by atoms with Crippen LogP contribution >= 0.6 is 0 Å². The van der Waals surface area contributed by atoms with E-state index in [9.17, 15) is 34.8 Å². The van der Waals surface area contributed by atoms with E-state index in [1.165, 1.54) is 25.1 Å². The number of carbonyl (C=O) groups is 3. The van der Waals surface area contributed by atoms with Crippen LogP contribution in [-0.4, -0.2) is 68.0 Å². The summed E-state index contributed by atoms with van der Waals surface area (Å²) in [7, 11) is 0. The zero-order chi connectivity index (χ0) is 21.0. The summed E-state index contributed by atoms with van der Waals surface area (Å²) in [4.78, 5) is 33.2. The van der Waals surface area contributed by atoms with Crippen molar-refractivity contribution in [3.05, 3.63) is 23.8 Å². The average molecular weight is 399 g/mol. The fourth-order valence-corrected chi connectivity index (χ4v) is 2.92. The fourth-order valence-electron chi connectivity index (χ4n) is 2.92. The van der Waals surface area contributed by atoms with Gasteiger partial charge in [-0.15, -0.1) is 0 Å². The monoisotopic (exact) mass is 399 g/mol. The number of aliphatic hydroxyl groups excluding tert-OH is 3. The Bertz CT molecular complexity index is 751. The summed E-state index contributed by atoms with van der Waals surface area (Å²) < 4.78 is 10.1. The van der Waals surface area contributed by atoms with E-state index >= 15 is 0 Å². The number of aliphatic hydroxyl groups is 3. The molecule has 2 rings (SSSR count). The second-order valence-corrected chi connectivity index (χ2v) is 6.37. The van der Waals surface area contributed by atoms with Crippen molar-refractivity contribution in [3.63, 3.8) is 0 Å². The summed E-state index contributed by atoms with van der Waals surface area (Å²) in [6.07, 6.45) is -7.87. The van der Waals surface area contributed by atoms with E-state index in [1.807, 2.05) is 0 Å². The van der Waals surface area contributed by atoms with Gasteiger partial charge in [0.2, 0.25) is 5.91 Å². The molecule has 0 bridgehead atoms. The maximum atomic E-state index is 11.4. The van der Waals surface area contributed by atoms with Gasteiger partial charge in [0, 0.05) is 13.3 Å². The molecule has 1 aliphatic rings. The van der Waals surface area contributed by atoms with Gasteiger partial charge in [0.1, 0.15) is 30.7 Å². The molecule has 1 aliphatic carbocycles. The third kappa shape index (κ3) is 5.09. The van der Waals surface area contributed by atoms with E-state index in [-0.39, 0.29) is 24.5 Å². The Labute approximate surface area is 159 Å². The summed E-state index contributed by atoms with van der Waals surface area (Å²) in [5.74, 6) is -3.10. The molecular weight excluding hydrogens is 378 g/mol. The van der Waals surface area contributed by atoms with Crippen molar-refractivity contribution >= 4 is 23.7 Å². The van der Waals surface area contributed by atoms with Gasteiger partial charge in [-0.3, -0.25) is 9.59 Å². The standard InChI is InChI=1S/C17H21NO10/c1-7(19)18-10-4-8(6-27-17(25)26)2-3-11(10)28-12-5-9(16(23)24)13(20)15(22)14(12)21/h2-4,9,12-15,20-22H,5-6H2,1H3,(H,18,19)(H,23,24)(H,25,26). The van der Waals surface area contributed by atoms with Crippen molar-refractivity contribution in [2.75, 3.05) is 5.32 Å². The number of amides is 1. The smallest absolute Gasteiger partial charge is 0.485 e. The summed E-state index contributed by atoms with van der Waals surface area (Å²) in [5, 5.41) is 50.1. The second-order valence-electron chi connectivity index (χ2n) is 6.37. The number of aliphatic carboxylic acids is 1. The lowest BCUT2D eigenvalue weighted by molar-refractivity contribution is -0.174. The molecular formula is C17H21NO10. The van der Waals surface area contributed by atoms with Crippen LogP contribution < -0.4 is 10.1 Å². The number of hydrogen-bond acceptors (Lipinski definition) is 8. The fraction of sp³-hybridized carbons (Fsp3) is 0.471. The van der Waals surface area contributed by atoms with Crippen molar-refractivity contribution in [3.8, 4) is 5.75 Å². The van der Waals surface area contributed by atoms with Crippen LogP contribution in [0.2, 0.25) is 0 Å². The van der Waals surface area contributed by atoms with E-state index in [2.05, 4.69) is 10.1 Å². The van der Waals surface area contributed by atoms with Gasteiger partial charge in [0.25, 0.3) is 0 Å². The lowest BCUT2D eigenvalue weighted by Crippen LogP contribution is -2.57. The van der Waals surface area contributed by atoms with Gasteiger partial charge in [-0.05, 0) is 17.7 Å². The van der Waals surface area contributed by atoms with Crippen LogP contribution in [0, 0.1) is 5.92 Å². The first-order valence-electron chi connectivity index (χ1n) is 8.30. The van der Waals surface area contributed by atoms with Gasteiger partial charge < -0.3 is 40.3 Å². The van der Waals surface area contributed by atoms with Crippen LogP contribution in [0.15, 0.2) is 18.2 Å². The molecule has 1 aromatic rings. The van der Waals surface area contributed by atoms with Gasteiger partial charge in [0.15, 0.2) is 0 Å². The molecule has 1 amide bonds. The van der Waals surface area contributed by atoms with Crippen molar-refractivity contribution in [2.45, 2.75) is 44.4 Å². The summed E-state index contributed by atoms with van der Waals surface area (Å²) in [5.41, 5.74) is 0.542. The Kier molecular flexibility index (Phi) is 6.78. The highest BCUT2D eigenvalue weighted by Crippen LogP contribution is 2.33. The molecule has 0 spiro atoms. The number of hydrogen-bond donors (Lipinski definition) is 6. The van der Waals surface area contributed by atoms with E-state index in [0.29, 0.717) is 5.56 Å². The Morgan fingerprint density at radius 3 is 2.36 bits per heavy atom. The molecule has 1 aromatic carbocycles. The van der Waals surface area contributed by atoms with Crippen molar-refractivity contribution in [2.24, 2.45) is 5.92 Å². The first kappa shape index (κ1) is 21.4.